The van der Waals surface area contributed by atoms with Crippen molar-refractivity contribution in [2.45, 2.75) is 11.3 Å². The van der Waals surface area contributed by atoms with Crippen molar-refractivity contribution in [2.75, 3.05) is 24.3 Å². The zero-order valence-corrected chi connectivity index (χ0v) is 15.0. The fraction of sp³-hybridized carbons (Fsp3) is 0.235. The number of carbonyl (C=O) groups is 1. The molecule has 0 bridgehead atoms. The monoisotopic (exact) mass is 383 g/mol. The van der Waals surface area contributed by atoms with E-state index in [0.29, 0.717) is 28.9 Å². The number of rotatable bonds is 4. The molecule has 0 unspecified atom stereocenters. The zero-order valence-electron chi connectivity index (χ0n) is 12.7. The van der Waals surface area contributed by atoms with Gasteiger partial charge in [0.05, 0.1) is 29.0 Å². The van der Waals surface area contributed by atoms with Crippen LogP contribution in [0.3, 0.4) is 0 Å². The van der Waals surface area contributed by atoms with Crippen LogP contribution in [0.25, 0.3) is 0 Å². The minimum Gasteiger partial charge on any atom is -0.490 e. The van der Waals surface area contributed by atoms with Gasteiger partial charge in [0.2, 0.25) is 5.91 Å². The largest absolute Gasteiger partial charge is 0.490 e. The first-order valence-electron chi connectivity index (χ1n) is 7.39. The second-order valence-corrected chi connectivity index (χ2v) is 6.99. The van der Waals surface area contributed by atoms with Gasteiger partial charge in [-0.1, -0.05) is 23.2 Å². The SMILES string of the molecule is O=C(CSc1ccc2c(c1)OCCCO2)Nc1ccc(Cl)c(Cl)c1. The number of hydrogen-bond donors (Lipinski definition) is 1. The lowest BCUT2D eigenvalue weighted by Gasteiger charge is -2.09. The van der Waals surface area contributed by atoms with E-state index in [-0.39, 0.29) is 11.7 Å². The first-order chi connectivity index (χ1) is 11.6. The topological polar surface area (TPSA) is 47.6 Å². The van der Waals surface area contributed by atoms with Crippen LogP contribution in [0.15, 0.2) is 41.3 Å². The van der Waals surface area contributed by atoms with E-state index in [1.165, 1.54) is 11.8 Å². The summed E-state index contributed by atoms with van der Waals surface area (Å²) in [7, 11) is 0. The van der Waals surface area contributed by atoms with E-state index >= 15 is 0 Å². The lowest BCUT2D eigenvalue weighted by molar-refractivity contribution is -0.113. The first kappa shape index (κ1) is 17.3. The van der Waals surface area contributed by atoms with Crippen molar-refractivity contribution >= 4 is 46.6 Å². The molecule has 7 heteroatoms. The molecule has 0 aromatic heterocycles. The van der Waals surface area contributed by atoms with Crippen molar-refractivity contribution in [3.63, 3.8) is 0 Å². The summed E-state index contributed by atoms with van der Waals surface area (Å²) in [6, 6.07) is 10.7. The minimum absolute atomic E-state index is 0.120. The Kier molecular flexibility index (Phi) is 5.76. The molecule has 1 heterocycles. The maximum absolute atomic E-state index is 12.1. The van der Waals surface area contributed by atoms with Gasteiger partial charge in [-0.15, -0.1) is 11.8 Å². The van der Waals surface area contributed by atoms with Gasteiger partial charge in [0.15, 0.2) is 11.5 Å². The number of halogens is 2. The Labute approximate surface area is 154 Å². The van der Waals surface area contributed by atoms with E-state index in [1.54, 1.807) is 18.2 Å². The van der Waals surface area contributed by atoms with Crippen LogP contribution in [0.2, 0.25) is 10.0 Å². The van der Waals surface area contributed by atoms with Gasteiger partial charge in [0.25, 0.3) is 0 Å². The molecule has 0 fully saturated rings. The van der Waals surface area contributed by atoms with E-state index in [4.69, 9.17) is 32.7 Å². The predicted octanol–water partition coefficient (Wildman–Crippen LogP) is 4.89. The Morgan fingerprint density at radius 3 is 2.62 bits per heavy atom. The molecule has 1 aliphatic rings. The van der Waals surface area contributed by atoms with Crippen molar-refractivity contribution in [2.24, 2.45) is 0 Å². The van der Waals surface area contributed by atoms with E-state index in [1.807, 2.05) is 18.2 Å². The molecule has 0 aliphatic carbocycles. The van der Waals surface area contributed by atoms with Gasteiger partial charge in [0.1, 0.15) is 0 Å². The fourth-order valence-electron chi connectivity index (χ4n) is 2.15. The molecule has 1 aliphatic heterocycles. The van der Waals surface area contributed by atoms with Crippen molar-refractivity contribution in [1.82, 2.24) is 0 Å². The third kappa shape index (κ3) is 4.50. The molecule has 0 atom stereocenters. The van der Waals surface area contributed by atoms with Crippen LogP contribution >= 0.6 is 35.0 Å². The van der Waals surface area contributed by atoms with Gasteiger partial charge in [-0.3, -0.25) is 4.79 Å². The molecule has 0 radical (unpaired) electrons. The number of ether oxygens (including phenoxy) is 2. The number of nitrogens with one attached hydrogen (secondary N) is 1. The molecule has 126 valence electrons. The molecular weight excluding hydrogens is 369 g/mol. The van der Waals surface area contributed by atoms with Crippen LogP contribution in [0.4, 0.5) is 5.69 Å². The van der Waals surface area contributed by atoms with Crippen molar-refractivity contribution in [1.29, 1.82) is 0 Å². The third-order valence-corrected chi connectivity index (χ3v) is 5.03. The summed E-state index contributed by atoms with van der Waals surface area (Å²) >= 11 is 13.2. The van der Waals surface area contributed by atoms with Crippen LogP contribution < -0.4 is 14.8 Å². The number of carbonyl (C=O) groups excluding carboxylic acids is 1. The Hall–Kier alpha value is -1.56. The maximum atomic E-state index is 12.1. The van der Waals surface area contributed by atoms with E-state index in [0.717, 1.165) is 22.8 Å². The smallest absolute Gasteiger partial charge is 0.234 e. The van der Waals surface area contributed by atoms with Crippen molar-refractivity contribution < 1.29 is 14.3 Å². The summed E-state index contributed by atoms with van der Waals surface area (Å²) in [6.45, 7) is 1.30. The second kappa shape index (κ2) is 8.01. The molecule has 4 nitrogen and oxygen atoms in total. The molecule has 24 heavy (non-hydrogen) atoms. The Morgan fingerprint density at radius 2 is 1.83 bits per heavy atom. The minimum atomic E-state index is -0.120. The van der Waals surface area contributed by atoms with Gasteiger partial charge in [-0.2, -0.15) is 0 Å². The first-order valence-corrected chi connectivity index (χ1v) is 9.13. The second-order valence-electron chi connectivity index (χ2n) is 5.12. The molecule has 0 spiro atoms. The predicted molar refractivity (Wildman–Crippen MR) is 97.9 cm³/mol. The number of anilines is 1. The van der Waals surface area contributed by atoms with Crippen LogP contribution in [-0.2, 0) is 4.79 Å². The Morgan fingerprint density at radius 1 is 1.04 bits per heavy atom. The summed E-state index contributed by atoms with van der Waals surface area (Å²) in [4.78, 5) is 13.0. The highest BCUT2D eigenvalue weighted by Crippen LogP contribution is 2.34. The van der Waals surface area contributed by atoms with Crippen molar-refractivity contribution in [3.8, 4) is 11.5 Å². The molecule has 1 N–H and O–H groups in total. The third-order valence-electron chi connectivity index (χ3n) is 3.29. The fourth-order valence-corrected chi connectivity index (χ4v) is 3.18. The Bertz CT molecular complexity index is 755. The highest BCUT2D eigenvalue weighted by atomic mass is 35.5. The molecule has 1 amide bonds. The van der Waals surface area contributed by atoms with E-state index in [9.17, 15) is 4.79 Å². The standard InChI is InChI=1S/C17H15Cl2NO3S/c18-13-4-2-11(8-14(13)19)20-17(21)10-24-12-3-5-15-16(9-12)23-7-1-6-22-15/h2-5,8-9H,1,6-7,10H2,(H,20,21). The van der Waals surface area contributed by atoms with E-state index in [2.05, 4.69) is 5.32 Å². The van der Waals surface area contributed by atoms with Gasteiger partial charge < -0.3 is 14.8 Å². The molecule has 3 rings (SSSR count). The normalized spacial score (nSPS) is 13.2. The summed E-state index contributed by atoms with van der Waals surface area (Å²) in [5.41, 5.74) is 0.619. The summed E-state index contributed by atoms with van der Waals surface area (Å²) in [6.07, 6.45) is 0.864. The van der Waals surface area contributed by atoms with Crippen LogP contribution in [-0.4, -0.2) is 24.9 Å². The highest BCUT2D eigenvalue weighted by Gasteiger charge is 2.12. The number of benzene rings is 2. The highest BCUT2D eigenvalue weighted by molar-refractivity contribution is 8.00. The van der Waals surface area contributed by atoms with Crippen LogP contribution in [0.1, 0.15) is 6.42 Å². The van der Waals surface area contributed by atoms with Crippen LogP contribution in [0, 0.1) is 0 Å². The van der Waals surface area contributed by atoms with Gasteiger partial charge in [-0.05, 0) is 36.4 Å². The molecule has 0 saturated carbocycles. The molecule has 2 aromatic rings. The average molecular weight is 384 g/mol. The maximum Gasteiger partial charge on any atom is 0.234 e. The zero-order chi connectivity index (χ0) is 16.9. The summed E-state index contributed by atoms with van der Waals surface area (Å²) < 4.78 is 11.2. The van der Waals surface area contributed by atoms with E-state index < -0.39 is 0 Å². The van der Waals surface area contributed by atoms with Gasteiger partial charge >= 0.3 is 0 Å². The summed E-state index contributed by atoms with van der Waals surface area (Å²) in [5, 5.41) is 3.66. The number of amides is 1. The average Bonchev–Trinajstić information content (AvgIpc) is 2.81. The lowest BCUT2D eigenvalue weighted by Crippen LogP contribution is -2.13. The molecule has 0 saturated heterocycles. The quantitative estimate of drug-likeness (QED) is 0.763. The summed E-state index contributed by atoms with van der Waals surface area (Å²) in [5.74, 6) is 1.63. The molecular formula is C17H15Cl2NO3S. The number of hydrogen-bond acceptors (Lipinski definition) is 4. The number of fused-ring (bicyclic) bond motifs is 1. The van der Waals surface area contributed by atoms with Crippen molar-refractivity contribution in [3.05, 3.63) is 46.4 Å². The van der Waals surface area contributed by atoms with Gasteiger partial charge in [-0.25, -0.2) is 0 Å². The number of thioether (sulfide) groups is 1. The van der Waals surface area contributed by atoms with Crippen LogP contribution in [0.5, 0.6) is 11.5 Å². The Balaban J connectivity index is 1.58. The lowest BCUT2D eigenvalue weighted by atomic mass is 10.3. The van der Waals surface area contributed by atoms with Gasteiger partial charge in [0, 0.05) is 17.0 Å². The molecule has 2 aromatic carbocycles.